The Morgan fingerprint density at radius 2 is 2.12 bits per heavy atom. The molecule has 1 aliphatic carbocycles. The Balaban J connectivity index is 1.45. The molecule has 1 saturated carbocycles. The maximum atomic E-state index is 12.9. The van der Waals surface area contributed by atoms with Crippen molar-refractivity contribution in [1.82, 2.24) is 19.6 Å². The predicted molar refractivity (Wildman–Crippen MR) is 90.9 cm³/mol. The molecule has 3 heterocycles. The average molecular weight is 332 g/mol. The first-order valence-electron chi connectivity index (χ1n) is 9.27. The number of hydrogen-bond donors (Lipinski definition) is 0. The number of carbonyl (C=O) groups excluding carboxylic acids is 1. The molecule has 0 N–H and O–H groups in total. The molecular weight excluding hydrogens is 304 g/mol. The van der Waals surface area contributed by atoms with Crippen molar-refractivity contribution < 1.29 is 9.53 Å². The Kier molecular flexibility index (Phi) is 4.35. The molecule has 3 fully saturated rings. The van der Waals surface area contributed by atoms with Gasteiger partial charge in [0.2, 0.25) is 0 Å². The standard InChI is InChI=1S/C18H28N4O2/c1-13-15(10-20(2)19-13)18(23)22-11-16-17(12-22)24-8-7-21(16)9-14-5-3-4-6-14/h10,14,16-17H,3-9,11-12H2,1-2H3/t16-,17-/m0/s1. The zero-order valence-corrected chi connectivity index (χ0v) is 14.8. The monoisotopic (exact) mass is 332 g/mol. The van der Waals surface area contributed by atoms with Crippen LogP contribution in [0, 0.1) is 12.8 Å². The summed E-state index contributed by atoms with van der Waals surface area (Å²) < 4.78 is 7.71. The SMILES string of the molecule is Cc1nn(C)cc1C(=O)N1C[C@@H]2OCCN(CC3CCCC3)[C@H]2C1. The van der Waals surface area contributed by atoms with Gasteiger partial charge in [-0.25, -0.2) is 0 Å². The van der Waals surface area contributed by atoms with Gasteiger partial charge in [0.05, 0.1) is 30.0 Å². The van der Waals surface area contributed by atoms with Gasteiger partial charge in [0, 0.05) is 39.4 Å². The Morgan fingerprint density at radius 1 is 1.33 bits per heavy atom. The van der Waals surface area contributed by atoms with Crippen LogP contribution in [0.2, 0.25) is 0 Å². The highest BCUT2D eigenvalue weighted by Crippen LogP contribution is 2.30. The van der Waals surface area contributed by atoms with Gasteiger partial charge in [-0.15, -0.1) is 0 Å². The van der Waals surface area contributed by atoms with Gasteiger partial charge in [-0.1, -0.05) is 12.8 Å². The summed E-state index contributed by atoms with van der Waals surface area (Å²) in [6.45, 7) is 6.37. The van der Waals surface area contributed by atoms with Crippen molar-refractivity contribution in [1.29, 1.82) is 0 Å². The summed E-state index contributed by atoms with van der Waals surface area (Å²) in [4.78, 5) is 17.4. The maximum Gasteiger partial charge on any atom is 0.257 e. The second-order valence-electron chi connectivity index (χ2n) is 7.63. The number of morpholine rings is 1. The summed E-state index contributed by atoms with van der Waals surface area (Å²) in [5.74, 6) is 0.938. The van der Waals surface area contributed by atoms with E-state index >= 15 is 0 Å². The number of ether oxygens (including phenoxy) is 1. The van der Waals surface area contributed by atoms with Crippen molar-refractivity contribution in [2.24, 2.45) is 13.0 Å². The Bertz CT molecular complexity index is 608. The highest BCUT2D eigenvalue weighted by Gasteiger charge is 2.42. The second kappa shape index (κ2) is 6.48. The van der Waals surface area contributed by atoms with Gasteiger partial charge in [0.1, 0.15) is 0 Å². The Morgan fingerprint density at radius 3 is 2.83 bits per heavy atom. The van der Waals surface area contributed by atoms with E-state index in [9.17, 15) is 4.79 Å². The number of aryl methyl sites for hydroxylation is 2. The van der Waals surface area contributed by atoms with Gasteiger partial charge in [-0.05, 0) is 25.7 Å². The predicted octanol–water partition coefficient (Wildman–Crippen LogP) is 1.44. The highest BCUT2D eigenvalue weighted by atomic mass is 16.5. The van der Waals surface area contributed by atoms with Crippen LogP contribution < -0.4 is 0 Å². The highest BCUT2D eigenvalue weighted by molar-refractivity contribution is 5.95. The van der Waals surface area contributed by atoms with E-state index in [-0.39, 0.29) is 12.0 Å². The number of aromatic nitrogens is 2. The van der Waals surface area contributed by atoms with Crippen LogP contribution in [0.5, 0.6) is 0 Å². The van der Waals surface area contributed by atoms with Crippen LogP contribution in [-0.2, 0) is 11.8 Å². The number of carbonyl (C=O) groups is 1. The Hall–Kier alpha value is -1.40. The van der Waals surface area contributed by atoms with Crippen molar-refractivity contribution in [3.63, 3.8) is 0 Å². The van der Waals surface area contributed by atoms with Crippen LogP contribution in [0.25, 0.3) is 0 Å². The van der Waals surface area contributed by atoms with E-state index in [4.69, 9.17) is 4.74 Å². The van der Waals surface area contributed by atoms with Crippen molar-refractivity contribution in [2.75, 3.05) is 32.8 Å². The summed E-state index contributed by atoms with van der Waals surface area (Å²) in [5.41, 5.74) is 1.53. The van der Waals surface area contributed by atoms with E-state index in [2.05, 4.69) is 10.00 Å². The summed E-state index contributed by atoms with van der Waals surface area (Å²) >= 11 is 0. The van der Waals surface area contributed by atoms with E-state index < -0.39 is 0 Å². The first-order valence-corrected chi connectivity index (χ1v) is 9.27. The molecule has 6 nitrogen and oxygen atoms in total. The quantitative estimate of drug-likeness (QED) is 0.840. The lowest BCUT2D eigenvalue weighted by Crippen LogP contribution is -2.52. The first kappa shape index (κ1) is 16.1. The van der Waals surface area contributed by atoms with E-state index in [1.807, 2.05) is 25.1 Å². The third kappa shape index (κ3) is 2.97. The van der Waals surface area contributed by atoms with Crippen molar-refractivity contribution in [3.05, 3.63) is 17.5 Å². The molecule has 132 valence electrons. The molecule has 1 amide bonds. The third-order valence-corrected chi connectivity index (χ3v) is 5.91. The van der Waals surface area contributed by atoms with Crippen LogP contribution in [0.3, 0.4) is 0 Å². The third-order valence-electron chi connectivity index (χ3n) is 5.91. The van der Waals surface area contributed by atoms with Crippen LogP contribution in [0.15, 0.2) is 6.20 Å². The lowest BCUT2D eigenvalue weighted by Gasteiger charge is -2.38. The topological polar surface area (TPSA) is 50.6 Å². The number of rotatable bonds is 3. The molecule has 2 aliphatic heterocycles. The fraction of sp³-hybridized carbons (Fsp3) is 0.778. The summed E-state index contributed by atoms with van der Waals surface area (Å²) in [6.07, 6.45) is 7.50. The smallest absolute Gasteiger partial charge is 0.257 e. The molecule has 4 rings (SSSR count). The van der Waals surface area contributed by atoms with Crippen LogP contribution in [0.4, 0.5) is 0 Å². The molecule has 0 aromatic carbocycles. The minimum atomic E-state index is 0.0967. The van der Waals surface area contributed by atoms with Crippen molar-refractivity contribution in [2.45, 2.75) is 44.8 Å². The van der Waals surface area contributed by atoms with Crippen LogP contribution >= 0.6 is 0 Å². The molecule has 2 atom stereocenters. The molecule has 3 aliphatic rings. The van der Waals surface area contributed by atoms with Gasteiger partial charge >= 0.3 is 0 Å². The van der Waals surface area contributed by atoms with Gasteiger partial charge in [0.25, 0.3) is 5.91 Å². The molecule has 0 bridgehead atoms. The van der Waals surface area contributed by atoms with Crippen molar-refractivity contribution in [3.8, 4) is 0 Å². The molecule has 0 radical (unpaired) electrons. The molecule has 2 saturated heterocycles. The Labute approximate surface area is 143 Å². The summed E-state index contributed by atoms with van der Waals surface area (Å²) in [5, 5.41) is 4.31. The summed E-state index contributed by atoms with van der Waals surface area (Å²) in [7, 11) is 1.86. The molecule has 24 heavy (non-hydrogen) atoms. The fourth-order valence-corrected chi connectivity index (χ4v) is 4.66. The number of nitrogens with zero attached hydrogens (tertiary/aromatic N) is 4. The van der Waals surface area contributed by atoms with Gasteiger partial charge in [0.15, 0.2) is 0 Å². The minimum Gasteiger partial charge on any atom is -0.373 e. The van der Waals surface area contributed by atoms with Crippen molar-refractivity contribution >= 4 is 5.91 Å². The van der Waals surface area contributed by atoms with Gasteiger partial charge < -0.3 is 9.64 Å². The minimum absolute atomic E-state index is 0.0967. The average Bonchev–Trinajstić information content (AvgIpc) is 3.26. The molecule has 1 aromatic rings. The first-order chi connectivity index (χ1) is 11.6. The van der Waals surface area contributed by atoms with Crippen LogP contribution in [-0.4, -0.2) is 70.4 Å². The fourth-order valence-electron chi connectivity index (χ4n) is 4.66. The van der Waals surface area contributed by atoms with E-state index in [1.54, 1.807) is 4.68 Å². The van der Waals surface area contributed by atoms with E-state index in [1.165, 1.54) is 32.2 Å². The zero-order valence-electron chi connectivity index (χ0n) is 14.8. The largest absolute Gasteiger partial charge is 0.373 e. The molecule has 0 unspecified atom stereocenters. The number of amides is 1. The maximum absolute atomic E-state index is 12.9. The molecule has 1 aromatic heterocycles. The summed E-state index contributed by atoms with van der Waals surface area (Å²) in [6, 6.07) is 0.361. The number of hydrogen-bond acceptors (Lipinski definition) is 4. The second-order valence-corrected chi connectivity index (χ2v) is 7.63. The van der Waals surface area contributed by atoms with E-state index in [0.29, 0.717) is 12.6 Å². The normalized spacial score (nSPS) is 28.5. The number of likely N-dealkylation sites (tertiary alicyclic amines) is 1. The molecule has 6 heteroatoms. The van der Waals surface area contributed by atoms with E-state index in [0.717, 1.165) is 36.9 Å². The van der Waals surface area contributed by atoms with Gasteiger partial charge in [-0.3, -0.25) is 14.4 Å². The number of fused-ring (bicyclic) bond motifs is 1. The van der Waals surface area contributed by atoms with Gasteiger partial charge in [-0.2, -0.15) is 5.10 Å². The lowest BCUT2D eigenvalue weighted by atomic mass is 10.0. The lowest BCUT2D eigenvalue weighted by molar-refractivity contribution is -0.0516. The molecule has 0 spiro atoms. The van der Waals surface area contributed by atoms with Crippen LogP contribution in [0.1, 0.15) is 41.7 Å². The zero-order chi connectivity index (χ0) is 16.7. The molecular formula is C18H28N4O2.